The summed E-state index contributed by atoms with van der Waals surface area (Å²) in [6, 6.07) is 23.1. The van der Waals surface area contributed by atoms with Crippen LogP contribution in [0.3, 0.4) is 0 Å². The number of fused-ring (bicyclic) bond motifs is 2. The molecule has 6 nitrogen and oxygen atoms in total. The van der Waals surface area contributed by atoms with Gasteiger partial charge in [0.25, 0.3) is 5.91 Å². The van der Waals surface area contributed by atoms with E-state index < -0.39 is 5.92 Å². The molecule has 38 heavy (non-hydrogen) atoms. The minimum absolute atomic E-state index is 0.0706. The zero-order chi connectivity index (χ0) is 26.8. The van der Waals surface area contributed by atoms with Crippen molar-refractivity contribution >= 4 is 56.6 Å². The molecule has 1 fully saturated rings. The first-order valence-corrected chi connectivity index (χ1v) is 13.5. The summed E-state index contributed by atoms with van der Waals surface area (Å²) in [5.41, 5.74) is 2.37. The molecule has 192 valence electrons. The highest BCUT2D eigenvalue weighted by atomic mass is 32.2. The number of aliphatic imine (C=N–C) groups is 1. The van der Waals surface area contributed by atoms with Crippen LogP contribution >= 0.6 is 11.8 Å². The van der Waals surface area contributed by atoms with E-state index in [0.29, 0.717) is 23.0 Å². The molecule has 1 aliphatic rings. The van der Waals surface area contributed by atoms with Crippen LogP contribution in [0.4, 0.5) is 0 Å². The van der Waals surface area contributed by atoms with Crippen LogP contribution in [0.1, 0.15) is 47.2 Å². The van der Waals surface area contributed by atoms with E-state index in [9.17, 15) is 14.4 Å². The summed E-state index contributed by atoms with van der Waals surface area (Å²) in [5.74, 6) is 0.285. The van der Waals surface area contributed by atoms with Gasteiger partial charge in [0, 0.05) is 17.9 Å². The number of rotatable bonds is 6. The average Bonchev–Trinajstić information content (AvgIpc) is 3.42. The standard InChI is InChI=1S/C31H28N2O4S/c1-19(22-6-8-24-14-21(18-34)4-5-25(24)15-22)29(35)32-31-33(12-13-38-31)30(36)20(2)23-7-9-27-17-28(37-3)11-10-26(27)16-23/h4-11,14-20H,12-13H2,1-3H3/b32-31-/t19-,20-/m0/s1. The molecule has 4 aromatic rings. The van der Waals surface area contributed by atoms with Crippen molar-refractivity contribution < 1.29 is 19.1 Å². The van der Waals surface area contributed by atoms with Crippen molar-refractivity contribution in [3.8, 4) is 5.75 Å². The van der Waals surface area contributed by atoms with Gasteiger partial charge in [-0.15, -0.1) is 0 Å². The molecule has 5 rings (SSSR count). The quantitative estimate of drug-likeness (QED) is 0.282. The Hall–Kier alpha value is -3.97. The summed E-state index contributed by atoms with van der Waals surface area (Å²) in [5, 5.41) is 4.43. The fraction of sp³-hybridized carbons (Fsp3) is 0.226. The molecule has 1 saturated heterocycles. The lowest BCUT2D eigenvalue weighted by atomic mass is 9.96. The summed E-state index contributed by atoms with van der Waals surface area (Å²) >= 11 is 1.43. The number of ether oxygens (including phenoxy) is 1. The molecule has 2 atom stereocenters. The minimum Gasteiger partial charge on any atom is -0.497 e. The Morgan fingerprint density at radius 1 is 0.868 bits per heavy atom. The first-order valence-electron chi connectivity index (χ1n) is 12.5. The summed E-state index contributed by atoms with van der Waals surface area (Å²) in [6.07, 6.45) is 0.820. The van der Waals surface area contributed by atoms with Gasteiger partial charge in [0.05, 0.1) is 18.9 Å². The summed E-state index contributed by atoms with van der Waals surface area (Å²) < 4.78 is 5.31. The molecule has 2 amide bonds. The number of nitrogens with zero attached hydrogens (tertiary/aromatic N) is 2. The van der Waals surface area contributed by atoms with E-state index in [2.05, 4.69) is 4.99 Å². The number of amidine groups is 1. The highest BCUT2D eigenvalue weighted by Crippen LogP contribution is 2.30. The third-order valence-electron chi connectivity index (χ3n) is 7.09. The van der Waals surface area contributed by atoms with Gasteiger partial charge in [-0.25, -0.2) is 0 Å². The molecule has 0 unspecified atom stereocenters. The number of methoxy groups -OCH3 is 1. The summed E-state index contributed by atoms with van der Waals surface area (Å²) in [4.78, 5) is 43.7. The van der Waals surface area contributed by atoms with Crippen LogP contribution in [0.15, 0.2) is 77.8 Å². The first-order chi connectivity index (χ1) is 18.4. The van der Waals surface area contributed by atoms with Crippen LogP contribution in [0.25, 0.3) is 21.5 Å². The molecule has 1 heterocycles. The largest absolute Gasteiger partial charge is 0.497 e. The second-order valence-electron chi connectivity index (χ2n) is 9.47. The minimum atomic E-state index is -0.467. The van der Waals surface area contributed by atoms with Gasteiger partial charge in [-0.3, -0.25) is 19.3 Å². The third kappa shape index (κ3) is 5.07. The van der Waals surface area contributed by atoms with E-state index >= 15 is 0 Å². The number of amides is 2. The number of aldehydes is 1. The van der Waals surface area contributed by atoms with Crippen molar-refractivity contribution in [1.82, 2.24) is 4.90 Å². The van der Waals surface area contributed by atoms with E-state index in [1.165, 1.54) is 11.8 Å². The molecule has 0 radical (unpaired) electrons. The van der Waals surface area contributed by atoms with Gasteiger partial charge in [0.2, 0.25) is 5.91 Å². The Bertz CT molecular complexity index is 1600. The molecular formula is C31H28N2O4S. The molecule has 4 aromatic carbocycles. The van der Waals surface area contributed by atoms with Crippen LogP contribution in [0.5, 0.6) is 5.75 Å². The van der Waals surface area contributed by atoms with E-state index in [4.69, 9.17) is 4.74 Å². The Labute approximate surface area is 225 Å². The molecule has 7 heteroatoms. The number of hydrogen-bond donors (Lipinski definition) is 0. The number of hydrogen-bond acceptors (Lipinski definition) is 5. The molecule has 0 spiro atoms. The average molecular weight is 525 g/mol. The van der Waals surface area contributed by atoms with E-state index in [0.717, 1.165) is 44.7 Å². The molecule has 1 aliphatic heterocycles. The molecule has 0 bridgehead atoms. The fourth-order valence-corrected chi connectivity index (χ4v) is 5.62. The zero-order valence-corrected chi connectivity index (χ0v) is 22.3. The second kappa shape index (κ2) is 10.8. The van der Waals surface area contributed by atoms with Crippen LogP contribution < -0.4 is 4.74 Å². The maximum Gasteiger partial charge on any atom is 0.255 e. The van der Waals surface area contributed by atoms with Crippen molar-refractivity contribution in [2.45, 2.75) is 25.7 Å². The van der Waals surface area contributed by atoms with Gasteiger partial charge in [-0.1, -0.05) is 66.4 Å². The van der Waals surface area contributed by atoms with Crippen molar-refractivity contribution in [1.29, 1.82) is 0 Å². The van der Waals surface area contributed by atoms with Crippen LogP contribution in [0, 0.1) is 0 Å². The van der Waals surface area contributed by atoms with Crippen LogP contribution in [0.2, 0.25) is 0 Å². The fourth-order valence-electron chi connectivity index (χ4n) is 4.67. The van der Waals surface area contributed by atoms with E-state index in [1.807, 2.05) is 80.6 Å². The molecule has 0 aliphatic carbocycles. The lowest BCUT2D eigenvalue weighted by Gasteiger charge is -2.21. The van der Waals surface area contributed by atoms with Crippen molar-refractivity contribution in [2.24, 2.45) is 4.99 Å². The van der Waals surface area contributed by atoms with Gasteiger partial charge in [0.15, 0.2) is 5.17 Å². The second-order valence-corrected chi connectivity index (χ2v) is 10.5. The SMILES string of the molecule is COc1ccc2cc([C@H](C)C(=O)N3CCS/C3=N\C(=O)[C@@H](C)c3ccc4cc(C=O)ccc4c3)ccc2c1. The van der Waals surface area contributed by atoms with E-state index in [-0.39, 0.29) is 17.7 Å². The van der Waals surface area contributed by atoms with Crippen molar-refractivity contribution in [3.63, 3.8) is 0 Å². The predicted octanol–water partition coefficient (Wildman–Crippen LogP) is 6.18. The smallest absolute Gasteiger partial charge is 0.255 e. The van der Waals surface area contributed by atoms with Crippen LogP contribution in [-0.2, 0) is 9.59 Å². The summed E-state index contributed by atoms with van der Waals surface area (Å²) in [7, 11) is 1.64. The van der Waals surface area contributed by atoms with Gasteiger partial charge in [-0.05, 0) is 64.7 Å². The third-order valence-corrected chi connectivity index (χ3v) is 8.04. The van der Waals surface area contributed by atoms with Gasteiger partial charge < -0.3 is 4.74 Å². The van der Waals surface area contributed by atoms with Gasteiger partial charge in [0.1, 0.15) is 12.0 Å². The van der Waals surface area contributed by atoms with Crippen LogP contribution in [-0.4, -0.2) is 47.6 Å². The lowest BCUT2D eigenvalue weighted by Crippen LogP contribution is -2.35. The summed E-state index contributed by atoms with van der Waals surface area (Å²) in [6.45, 7) is 4.24. The molecule has 0 aromatic heterocycles. The Balaban J connectivity index is 1.34. The Kier molecular flexibility index (Phi) is 7.29. The topological polar surface area (TPSA) is 76.0 Å². The first kappa shape index (κ1) is 25.7. The van der Waals surface area contributed by atoms with E-state index in [1.54, 1.807) is 18.1 Å². The monoisotopic (exact) mass is 524 g/mol. The normalized spacial score (nSPS) is 16.1. The van der Waals surface area contributed by atoms with Gasteiger partial charge >= 0.3 is 0 Å². The van der Waals surface area contributed by atoms with Gasteiger partial charge in [-0.2, -0.15) is 4.99 Å². The maximum atomic E-state index is 13.5. The molecule has 0 N–H and O–H groups in total. The zero-order valence-electron chi connectivity index (χ0n) is 21.5. The number of carbonyl (C=O) groups is 3. The molecular weight excluding hydrogens is 496 g/mol. The predicted molar refractivity (Wildman–Crippen MR) is 153 cm³/mol. The Morgan fingerprint density at radius 2 is 1.47 bits per heavy atom. The number of benzene rings is 4. The number of carbonyl (C=O) groups excluding carboxylic acids is 3. The highest BCUT2D eigenvalue weighted by Gasteiger charge is 2.31. The van der Waals surface area contributed by atoms with Crippen molar-refractivity contribution in [3.05, 3.63) is 89.5 Å². The maximum absolute atomic E-state index is 13.5. The number of thioether (sulfide) groups is 1. The lowest BCUT2D eigenvalue weighted by molar-refractivity contribution is -0.128. The Morgan fingerprint density at radius 3 is 2.16 bits per heavy atom. The molecule has 0 saturated carbocycles. The highest BCUT2D eigenvalue weighted by molar-refractivity contribution is 8.14. The van der Waals surface area contributed by atoms with Crippen molar-refractivity contribution in [2.75, 3.05) is 19.4 Å².